The molecule has 0 aliphatic carbocycles. The Labute approximate surface area is 153 Å². The number of aryl methyl sites for hydroxylation is 1. The zero-order valence-corrected chi connectivity index (χ0v) is 16.2. The lowest BCUT2D eigenvalue weighted by atomic mass is 10.1. The summed E-state index contributed by atoms with van der Waals surface area (Å²) in [6.45, 7) is 5.47. The number of rotatable bonds is 15. The van der Waals surface area contributed by atoms with Crippen molar-refractivity contribution in [2.24, 2.45) is 5.73 Å². The summed E-state index contributed by atoms with van der Waals surface area (Å²) < 4.78 is 5.28. The molecular weight excluding hydrogens is 314 g/mol. The molecule has 0 atom stereocenters. The highest BCUT2D eigenvalue weighted by atomic mass is 16.5. The van der Waals surface area contributed by atoms with Gasteiger partial charge in [0.25, 0.3) is 0 Å². The number of hydrogen-bond acceptors (Lipinski definition) is 4. The van der Waals surface area contributed by atoms with Gasteiger partial charge in [-0.15, -0.1) is 0 Å². The van der Waals surface area contributed by atoms with Gasteiger partial charge in [0.15, 0.2) is 11.8 Å². The Morgan fingerprint density at radius 3 is 2.12 bits per heavy atom. The van der Waals surface area contributed by atoms with Gasteiger partial charge in [-0.3, -0.25) is 5.41 Å². The summed E-state index contributed by atoms with van der Waals surface area (Å²) in [5.41, 5.74) is 5.57. The van der Waals surface area contributed by atoms with Crippen LogP contribution in [-0.2, 0) is 13.0 Å². The van der Waals surface area contributed by atoms with E-state index < -0.39 is 0 Å². The van der Waals surface area contributed by atoms with Crippen LogP contribution in [0.2, 0.25) is 0 Å². The minimum atomic E-state index is 0.0521. The minimum absolute atomic E-state index is 0.0521. The van der Waals surface area contributed by atoms with Crippen molar-refractivity contribution < 1.29 is 4.52 Å². The summed E-state index contributed by atoms with van der Waals surface area (Å²) in [7, 11) is 0. The fourth-order valence-corrected chi connectivity index (χ4v) is 2.94. The molecule has 1 aromatic heterocycles. The topological polar surface area (TPSA) is 92.0 Å². The van der Waals surface area contributed by atoms with E-state index in [9.17, 15) is 0 Å². The average Bonchev–Trinajstić information content (AvgIpc) is 3.03. The Kier molecular flexibility index (Phi) is 11.7. The van der Waals surface area contributed by atoms with Gasteiger partial charge in [0.05, 0.1) is 0 Å². The van der Waals surface area contributed by atoms with E-state index in [1.54, 1.807) is 4.90 Å². The molecule has 6 heteroatoms. The van der Waals surface area contributed by atoms with Crippen LogP contribution >= 0.6 is 0 Å². The Bertz CT molecular complexity index is 460. The van der Waals surface area contributed by atoms with Crippen LogP contribution in [-0.4, -0.2) is 27.5 Å². The predicted octanol–water partition coefficient (Wildman–Crippen LogP) is 4.64. The number of guanidine groups is 1. The van der Waals surface area contributed by atoms with Gasteiger partial charge >= 0.3 is 0 Å². The number of nitrogens with zero attached hydrogens (tertiary/aromatic N) is 3. The molecule has 0 saturated heterocycles. The highest BCUT2D eigenvalue weighted by molar-refractivity contribution is 5.74. The van der Waals surface area contributed by atoms with Crippen molar-refractivity contribution in [1.82, 2.24) is 15.0 Å². The molecule has 0 bridgehead atoms. The van der Waals surface area contributed by atoms with E-state index in [4.69, 9.17) is 15.7 Å². The lowest BCUT2D eigenvalue weighted by Gasteiger charge is -2.19. The molecule has 25 heavy (non-hydrogen) atoms. The molecule has 0 aromatic carbocycles. The first-order valence-corrected chi connectivity index (χ1v) is 10.1. The highest BCUT2D eigenvalue weighted by Crippen LogP contribution is 2.12. The van der Waals surface area contributed by atoms with Gasteiger partial charge in [0.2, 0.25) is 5.89 Å². The molecule has 0 aliphatic heterocycles. The van der Waals surface area contributed by atoms with E-state index in [0.29, 0.717) is 12.4 Å². The summed E-state index contributed by atoms with van der Waals surface area (Å²) in [4.78, 5) is 6.17. The van der Waals surface area contributed by atoms with Crippen molar-refractivity contribution in [3.8, 4) is 0 Å². The van der Waals surface area contributed by atoms with Crippen molar-refractivity contribution >= 4 is 5.96 Å². The van der Waals surface area contributed by atoms with Crippen molar-refractivity contribution in [1.29, 1.82) is 5.41 Å². The quantitative estimate of drug-likeness (QED) is 0.273. The maximum absolute atomic E-state index is 7.56. The molecule has 144 valence electrons. The van der Waals surface area contributed by atoms with Crippen LogP contribution in [0.3, 0.4) is 0 Å². The lowest BCUT2D eigenvalue weighted by Crippen LogP contribution is -2.36. The molecule has 3 N–H and O–H groups in total. The lowest BCUT2D eigenvalue weighted by molar-refractivity contribution is 0.307. The Morgan fingerprint density at radius 1 is 0.960 bits per heavy atom. The predicted molar refractivity (Wildman–Crippen MR) is 102 cm³/mol. The SMILES string of the molecule is CCCCCCCCCCCCc1noc(CN(CCC)C(=N)N)n1. The van der Waals surface area contributed by atoms with Gasteiger partial charge in [-0.25, -0.2) is 0 Å². The Morgan fingerprint density at radius 2 is 1.56 bits per heavy atom. The standard InChI is InChI=1S/C19H37N5O/c1-3-5-6-7-8-9-10-11-12-13-14-17-22-18(25-23-17)16-24(15-4-2)19(20)21/h3-16H2,1-2H3,(H3,20,21). The molecular formula is C19H37N5O. The molecule has 0 spiro atoms. The molecule has 6 nitrogen and oxygen atoms in total. The second kappa shape index (κ2) is 13.7. The van der Waals surface area contributed by atoms with Crippen molar-refractivity contribution in [2.45, 2.75) is 97.4 Å². The maximum atomic E-state index is 7.56. The number of unbranched alkanes of at least 4 members (excludes halogenated alkanes) is 9. The largest absolute Gasteiger partial charge is 0.370 e. The summed E-state index contributed by atoms with van der Waals surface area (Å²) in [6, 6.07) is 0. The average molecular weight is 352 g/mol. The third-order valence-electron chi connectivity index (χ3n) is 4.42. The van der Waals surface area contributed by atoms with Crippen LogP contribution in [0.4, 0.5) is 0 Å². The minimum Gasteiger partial charge on any atom is -0.370 e. The normalized spacial score (nSPS) is 11.0. The number of nitrogens with one attached hydrogen (secondary N) is 1. The third kappa shape index (κ3) is 10.1. The third-order valence-corrected chi connectivity index (χ3v) is 4.42. The van der Waals surface area contributed by atoms with Crippen molar-refractivity contribution in [3.63, 3.8) is 0 Å². The zero-order chi connectivity index (χ0) is 18.3. The van der Waals surface area contributed by atoms with Crippen LogP contribution < -0.4 is 5.73 Å². The second-order valence-corrected chi connectivity index (χ2v) is 6.84. The molecule has 0 radical (unpaired) electrons. The molecule has 0 saturated carbocycles. The van der Waals surface area contributed by atoms with E-state index in [2.05, 4.69) is 24.0 Å². The maximum Gasteiger partial charge on any atom is 0.246 e. The Balaban J connectivity index is 2.10. The highest BCUT2D eigenvalue weighted by Gasteiger charge is 2.12. The van der Waals surface area contributed by atoms with Crippen LogP contribution in [0.1, 0.15) is 96.2 Å². The van der Waals surface area contributed by atoms with Crippen LogP contribution in [0.5, 0.6) is 0 Å². The first-order valence-electron chi connectivity index (χ1n) is 10.1. The molecule has 1 aromatic rings. The molecule has 1 heterocycles. The fourth-order valence-electron chi connectivity index (χ4n) is 2.94. The van der Waals surface area contributed by atoms with Gasteiger partial charge in [0, 0.05) is 13.0 Å². The monoisotopic (exact) mass is 351 g/mol. The first kappa shape index (κ1) is 21.5. The van der Waals surface area contributed by atoms with E-state index in [1.807, 2.05) is 0 Å². The fraction of sp³-hybridized carbons (Fsp3) is 0.842. The van der Waals surface area contributed by atoms with Gasteiger partial charge in [-0.2, -0.15) is 4.98 Å². The van der Waals surface area contributed by atoms with Gasteiger partial charge in [0.1, 0.15) is 6.54 Å². The molecule has 0 amide bonds. The van der Waals surface area contributed by atoms with E-state index >= 15 is 0 Å². The van der Waals surface area contributed by atoms with Crippen molar-refractivity contribution in [2.75, 3.05) is 6.54 Å². The smallest absolute Gasteiger partial charge is 0.246 e. The van der Waals surface area contributed by atoms with Gasteiger partial charge in [-0.05, 0) is 12.8 Å². The van der Waals surface area contributed by atoms with E-state index in [1.165, 1.54) is 57.8 Å². The second-order valence-electron chi connectivity index (χ2n) is 6.84. The summed E-state index contributed by atoms with van der Waals surface area (Å²) in [6.07, 6.45) is 15.0. The van der Waals surface area contributed by atoms with E-state index in [0.717, 1.165) is 31.6 Å². The number of nitrogens with two attached hydrogens (primary N) is 1. The van der Waals surface area contributed by atoms with Crippen molar-refractivity contribution in [3.05, 3.63) is 11.7 Å². The summed E-state index contributed by atoms with van der Waals surface area (Å²) in [5, 5.41) is 11.6. The Hall–Kier alpha value is -1.59. The van der Waals surface area contributed by atoms with Crippen LogP contribution in [0.25, 0.3) is 0 Å². The summed E-state index contributed by atoms with van der Waals surface area (Å²) in [5.74, 6) is 1.37. The zero-order valence-electron chi connectivity index (χ0n) is 16.2. The van der Waals surface area contributed by atoms with E-state index in [-0.39, 0.29) is 5.96 Å². The number of aromatic nitrogens is 2. The van der Waals surface area contributed by atoms with Crippen LogP contribution in [0, 0.1) is 5.41 Å². The molecule has 1 rings (SSSR count). The molecule has 0 aliphatic rings. The first-order chi connectivity index (χ1) is 12.2. The summed E-state index contributed by atoms with van der Waals surface area (Å²) >= 11 is 0. The number of hydrogen-bond donors (Lipinski definition) is 2. The van der Waals surface area contributed by atoms with Crippen LogP contribution in [0.15, 0.2) is 4.52 Å². The van der Waals surface area contributed by atoms with Gasteiger partial charge in [-0.1, -0.05) is 76.8 Å². The van der Waals surface area contributed by atoms with Gasteiger partial charge < -0.3 is 15.2 Å². The molecule has 0 unspecified atom stereocenters. The molecule has 0 fully saturated rings.